The van der Waals surface area contributed by atoms with Crippen molar-refractivity contribution in [2.75, 3.05) is 0 Å². The Balaban J connectivity index is 1.74. The Kier molecular flexibility index (Phi) is 2.95. The van der Waals surface area contributed by atoms with Gasteiger partial charge in [0.25, 0.3) is 0 Å². The van der Waals surface area contributed by atoms with E-state index in [4.69, 9.17) is 8.94 Å². The Hall–Kier alpha value is -2.22. The van der Waals surface area contributed by atoms with Gasteiger partial charge in [-0.05, 0) is 52.9 Å². The molecule has 21 heavy (non-hydrogen) atoms. The zero-order valence-electron chi connectivity index (χ0n) is 10.7. The van der Waals surface area contributed by atoms with Crippen LogP contribution in [0.1, 0.15) is 0 Å². The Labute approximate surface area is 133 Å². The van der Waals surface area contributed by atoms with Crippen LogP contribution in [0.3, 0.4) is 0 Å². The molecule has 6 heteroatoms. The van der Waals surface area contributed by atoms with Crippen molar-refractivity contribution >= 4 is 33.7 Å². The van der Waals surface area contributed by atoms with Crippen molar-refractivity contribution in [1.29, 1.82) is 0 Å². The van der Waals surface area contributed by atoms with E-state index in [0.717, 1.165) is 25.8 Å². The average Bonchev–Trinajstić information content (AvgIpc) is 3.16. The van der Waals surface area contributed by atoms with Gasteiger partial charge in [-0.25, -0.2) is 4.98 Å². The summed E-state index contributed by atoms with van der Waals surface area (Å²) in [4.78, 5) is 8.53. The predicted octanol–water partition coefficient (Wildman–Crippen LogP) is 4.15. The van der Waals surface area contributed by atoms with Gasteiger partial charge in [0.2, 0.25) is 18.1 Å². The smallest absolute Gasteiger partial charge is 0.227 e. The van der Waals surface area contributed by atoms with Crippen LogP contribution in [-0.2, 0) is 0 Å². The molecule has 0 N–H and O–H groups in total. The third-order valence-corrected chi connectivity index (χ3v) is 3.77. The summed E-state index contributed by atoms with van der Waals surface area (Å²) in [6.45, 7) is 0. The molecule has 2 aromatic carbocycles. The van der Waals surface area contributed by atoms with E-state index < -0.39 is 0 Å². The molecule has 0 saturated heterocycles. The van der Waals surface area contributed by atoms with Crippen LogP contribution in [0.5, 0.6) is 0 Å². The molecular formula is C15H8IN3O2. The highest BCUT2D eigenvalue weighted by Crippen LogP contribution is 2.26. The largest absolute Gasteiger partial charge is 0.436 e. The molecule has 0 spiro atoms. The summed E-state index contributed by atoms with van der Waals surface area (Å²) in [5.41, 5.74) is 3.44. The minimum absolute atomic E-state index is 0.564. The quantitative estimate of drug-likeness (QED) is 0.482. The second kappa shape index (κ2) is 4.96. The number of hydrogen-bond acceptors (Lipinski definition) is 5. The lowest BCUT2D eigenvalue weighted by molar-refractivity contribution is 0.419. The van der Waals surface area contributed by atoms with E-state index in [1.807, 2.05) is 42.5 Å². The van der Waals surface area contributed by atoms with Gasteiger partial charge in [0, 0.05) is 14.7 Å². The first-order chi connectivity index (χ1) is 10.3. The Bertz CT molecular complexity index is 898. The fraction of sp³-hybridized carbons (Fsp3) is 0. The summed E-state index contributed by atoms with van der Waals surface area (Å²) in [6.07, 6.45) is 1.31. The van der Waals surface area contributed by atoms with Gasteiger partial charge in [-0.15, -0.1) is 0 Å². The zero-order valence-corrected chi connectivity index (χ0v) is 12.8. The Morgan fingerprint density at radius 1 is 0.952 bits per heavy atom. The highest BCUT2D eigenvalue weighted by Gasteiger charge is 2.09. The van der Waals surface area contributed by atoms with Crippen LogP contribution >= 0.6 is 22.6 Å². The van der Waals surface area contributed by atoms with Gasteiger partial charge in [-0.1, -0.05) is 17.3 Å². The second-order valence-electron chi connectivity index (χ2n) is 4.46. The molecule has 0 saturated carbocycles. The number of benzene rings is 2. The minimum Gasteiger partial charge on any atom is -0.436 e. The fourth-order valence-electron chi connectivity index (χ4n) is 2.08. The van der Waals surface area contributed by atoms with Crippen molar-refractivity contribution < 1.29 is 8.94 Å². The van der Waals surface area contributed by atoms with Crippen LogP contribution in [0.2, 0.25) is 0 Å². The number of halogens is 1. The molecule has 0 bridgehead atoms. The molecule has 0 atom stereocenters. The number of hydrogen-bond donors (Lipinski definition) is 0. The predicted molar refractivity (Wildman–Crippen MR) is 85.5 cm³/mol. The molecule has 5 nitrogen and oxygen atoms in total. The lowest BCUT2D eigenvalue weighted by atomic mass is 10.1. The second-order valence-corrected chi connectivity index (χ2v) is 5.71. The molecule has 0 radical (unpaired) electrons. The maximum absolute atomic E-state index is 5.78. The third kappa shape index (κ3) is 2.31. The maximum atomic E-state index is 5.78. The average molecular weight is 389 g/mol. The number of fused-ring (bicyclic) bond motifs is 1. The van der Waals surface area contributed by atoms with E-state index in [1.54, 1.807) is 0 Å². The van der Waals surface area contributed by atoms with E-state index in [9.17, 15) is 0 Å². The standard InChI is InChI=1S/C15H8IN3O2/c16-11-5-6-13-12(7-11)18-15(21-13)10-3-1-9(2-4-10)14-17-8-20-19-14/h1-8H. The van der Waals surface area contributed by atoms with Crippen LogP contribution in [0, 0.1) is 3.57 Å². The molecule has 2 heterocycles. The van der Waals surface area contributed by atoms with Gasteiger partial charge < -0.3 is 8.94 Å². The van der Waals surface area contributed by atoms with Gasteiger partial charge in [0.15, 0.2) is 5.58 Å². The highest BCUT2D eigenvalue weighted by atomic mass is 127. The van der Waals surface area contributed by atoms with Gasteiger partial charge in [0.1, 0.15) is 5.52 Å². The first-order valence-corrected chi connectivity index (χ1v) is 7.31. The van der Waals surface area contributed by atoms with Gasteiger partial charge in [-0.3, -0.25) is 0 Å². The zero-order chi connectivity index (χ0) is 14.2. The van der Waals surface area contributed by atoms with E-state index >= 15 is 0 Å². The van der Waals surface area contributed by atoms with Crippen molar-refractivity contribution in [1.82, 2.24) is 15.1 Å². The summed E-state index contributed by atoms with van der Waals surface area (Å²) < 4.78 is 11.6. The first-order valence-electron chi connectivity index (χ1n) is 6.23. The fourth-order valence-corrected chi connectivity index (χ4v) is 2.56. The van der Waals surface area contributed by atoms with Crippen LogP contribution in [0.15, 0.2) is 57.8 Å². The number of oxazole rings is 1. The van der Waals surface area contributed by atoms with Gasteiger partial charge in [-0.2, -0.15) is 4.98 Å². The first kappa shape index (κ1) is 12.5. The molecule has 0 aliphatic carbocycles. The molecule has 4 rings (SSSR count). The molecule has 0 aliphatic heterocycles. The SMILES string of the molecule is Ic1ccc2oc(-c3ccc(-c4ncon4)cc3)nc2c1. The van der Waals surface area contributed by atoms with Crippen molar-refractivity contribution in [2.24, 2.45) is 0 Å². The normalized spacial score (nSPS) is 11.1. The monoisotopic (exact) mass is 389 g/mol. The molecule has 0 fully saturated rings. The molecule has 102 valence electrons. The summed E-state index contributed by atoms with van der Waals surface area (Å²) in [6, 6.07) is 13.6. The minimum atomic E-state index is 0.564. The van der Waals surface area contributed by atoms with Crippen molar-refractivity contribution in [3.8, 4) is 22.8 Å². The van der Waals surface area contributed by atoms with E-state index in [1.165, 1.54) is 6.39 Å². The summed E-state index contributed by atoms with van der Waals surface area (Å²) in [5, 5.41) is 3.81. The molecule has 2 aromatic heterocycles. The Morgan fingerprint density at radius 3 is 2.52 bits per heavy atom. The van der Waals surface area contributed by atoms with Crippen LogP contribution < -0.4 is 0 Å². The van der Waals surface area contributed by atoms with Crippen LogP contribution in [0.25, 0.3) is 33.9 Å². The Morgan fingerprint density at radius 2 is 1.76 bits per heavy atom. The number of rotatable bonds is 2. The third-order valence-electron chi connectivity index (χ3n) is 3.10. The maximum Gasteiger partial charge on any atom is 0.227 e. The van der Waals surface area contributed by atoms with Crippen molar-refractivity contribution in [2.45, 2.75) is 0 Å². The molecule has 0 amide bonds. The van der Waals surface area contributed by atoms with E-state index in [-0.39, 0.29) is 0 Å². The highest BCUT2D eigenvalue weighted by molar-refractivity contribution is 14.1. The van der Waals surface area contributed by atoms with E-state index in [0.29, 0.717) is 11.7 Å². The van der Waals surface area contributed by atoms with Crippen LogP contribution in [0.4, 0.5) is 0 Å². The van der Waals surface area contributed by atoms with Crippen LogP contribution in [-0.4, -0.2) is 15.1 Å². The summed E-state index contributed by atoms with van der Waals surface area (Å²) in [7, 11) is 0. The van der Waals surface area contributed by atoms with Crippen molar-refractivity contribution in [3.63, 3.8) is 0 Å². The molecule has 0 unspecified atom stereocenters. The van der Waals surface area contributed by atoms with Crippen molar-refractivity contribution in [3.05, 3.63) is 52.4 Å². The van der Waals surface area contributed by atoms with Gasteiger partial charge >= 0.3 is 0 Å². The summed E-state index contributed by atoms with van der Waals surface area (Å²) >= 11 is 2.26. The molecular weight excluding hydrogens is 381 g/mol. The lowest BCUT2D eigenvalue weighted by Crippen LogP contribution is -1.81. The molecule has 4 aromatic rings. The van der Waals surface area contributed by atoms with Gasteiger partial charge in [0.05, 0.1) is 0 Å². The lowest BCUT2D eigenvalue weighted by Gasteiger charge is -1.97. The molecule has 0 aliphatic rings. The topological polar surface area (TPSA) is 65.0 Å². The van der Waals surface area contributed by atoms with E-state index in [2.05, 4.69) is 37.7 Å². The summed E-state index contributed by atoms with van der Waals surface area (Å²) in [5.74, 6) is 1.17. The number of nitrogens with zero attached hydrogens (tertiary/aromatic N) is 3. The number of aromatic nitrogens is 3.